The molecular formula is C30H34ClN3O3. The van der Waals surface area contributed by atoms with Gasteiger partial charge >= 0.3 is 0 Å². The van der Waals surface area contributed by atoms with Crippen LogP contribution in [0.15, 0.2) is 60.7 Å². The molecule has 0 unspecified atom stereocenters. The average molecular weight is 520 g/mol. The Kier molecular flexibility index (Phi) is 7.99. The number of nitrogens with one attached hydrogen (secondary N) is 2. The van der Waals surface area contributed by atoms with Gasteiger partial charge in [0.05, 0.1) is 6.04 Å². The van der Waals surface area contributed by atoms with Crippen molar-refractivity contribution in [3.63, 3.8) is 0 Å². The van der Waals surface area contributed by atoms with E-state index in [1.54, 1.807) is 0 Å². The average Bonchev–Trinajstić information content (AvgIpc) is 3.51. The monoisotopic (exact) mass is 519 g/mol. The molecule has 6 nitrogen and oxygen atoms in total. The van der Waals surface area contributed by atoms with Crippen LogP contribution in [-0.4, -0.2) is 42.8 Å². The molecule has 5 rings (SSSR count). The van der Waals surface area contributed by atoms with Crippen LogP contribution in [0.1, 0.15) is 34.2 Å². The lowest BCUT2D eigenvalue weighted by molar-refractivity contribution is -0.125. The fourth-order valence-electron chi connectivity index (χ4n) is 5.16. The van der Waals surface area contributed by atoms with Crippen LogP contribution in [0.5, 0.6) is 11.5 Å². The minimum absolute atomic E-state index is 0.0683. The van der Waals surface area contributed by atoms with E-state index in [1.165, 1.54) is 16.7 Å². The predicted molar refractivity (Wildman–Crippen MR) is 146 cm³/mol. The molecule has 0 aliphatic carbocycles. The second kappa shape index (κ2) is 11.5. The molecule has 0 bridgehead atoms. The van der Waals surface area contributed by atoms with Gasteiger partial charge in [0.2, 0.25) is 12.7 Å². The van der Waals surface area contributed by atoms with E-state index in [4.69, 9.17) is 21.1 Å². The van der Waals surface area contributed by atoms with Gasteiger partial charge in [0.15, 0.2) is 11.5 Å². The van der Waals surface area contributed by atoms with Gasteiger partial charge in [-0.1, -0.05) is 53.6 Å². The minimum Gasteiger partial charge on any atom is -0.454 e. The Balaban J connectivity index is 1.22. The molecule has 2 atom stereocenters. The lowest BCUT2D eigenvalue weighted by atomic mass is 10.0. The van der Waals surface area contributed by atoms with Gasteiger partial charge in [-0.15, -0.1) is 0 Å². The highest BCUT2D eigenvalue weighted by atomic mass is 35.5. The highest BCUT2D eigenvalue weighted by molar-refractivity contribution is 6.30. The summed E-state index contributed by atoms with van der Waals surface area (Å²) in [5.41, 5.74) is 6.07. The van der Waals surface area contributed by atoms with Crippen LogP contribution in [0.2, 0.25) is 5.02 Å². The van der Waals surface area contributed by atoms with E-state index in [9.17, 15) is 4.79 Å². The molecular weight excluding hydrogens is 486 g/mol. The highest BCUT2D eigenvalue weighted by Gasteiger charge is 2.36. The zero-order valence-electron chi connectivity index (χ0n) is 21.4. The summed E-state index contributed by atoms with van der Waals surface area (Å²) in [6.45, 7) is 7.38. The smallest absolute Gasteiger partial charge is 0.237 e. The Morgan fingerprint density at radius 2 is 1.89 bits per heavy atom. The van der Waals surface area contributed by atoms with E-state index in [2.05, 4.69) is 53.6 Å². The summed E-state index contributed by atoms with van der Waals surface area (Å²) in [4.78, 5) is 15.6. The van der Waals surface area contributed by atoms with E-state index in [-0.39, 0.29) is 24.8 Å². The number of hydrogen-bond acceptors (Lipinski definition) is 5. The van der Waals surface area contributed by atoms with Crippen molar-refractivity contribution in [2.75, 3.05) is 19.9 Å². The van der Waals surface area contributed by atoms with Gasteiger partial charge in [0, 0.05) is 37.2 Å². The fourth-order valence-corrected chi connectivity index (χ4v) is 5.37. The maximum absolute atomic E-state index is 13.4. The first kappa shape index (κ1) is 25.6. The van der Waals surface area contributed by atoms with Crippen LogP contribution in [0.4, 0.5) is 0 Å². The van der Waals surface area contributed by atoms with Crippen LogP contribution in [0.25, 0.3) is 0 Å². The molecule has 3 aromatic rings. The summed E-state index contributed by atoms with van der Waals surface area (Å²) in [5, 5.41) is 7.60. The Labute approximate surface area is 223 Å². The first-order valence-electron chi connectivity index (χ1n) is 12.9. The number of hydrogen-bond donors (Lipinski definition) is 2. The molecule has 2 aliphatic heterocycles. The molecule has 0 saturated carbocycles. The van der Waals surface area contributed by atoms with Crippen molar-refractivity contribution in [2.45, 2.75) is 51.9 Å². The first-order chi connectivity index (χ1) is 17.9. The number of amides is 1. The number of carbonyl (C=O) groups is 1. The maximum atomic E-state index is 13.4. The minimum atomic E-state index is -0.202. The third-order valence-corrected chi connectivity index (χ3v) is 7.45. The summed E-state index contributed by atoms with van der Waals surface area (Å²) < 4.78 is 10.9. The van der Waals surface area contributed by atoms with E-state index < -0.39 is 0 Å². The maximum Gasteiger partial charge on any atom is 0.237 e. The standard InChI is InChI=1S/C30H34ClN3O3/c1-20-6-7-21(2)24(12-20)16-33-26-15-27(34(18-26)17-23-4-3-5-25(31)13-23)30(35)32-11-10-22-8-9-28-29(14-22)37-19-36-28/h3-9,12-14,26-27,33H,10-11,15-19H2,1-2H3,(H,32,35)/t26-,27-/m0/s1. The first-order valence-corrected chi connectivity index (χ1v) is 13.3. The number of nitrogens with zero attached hydrogens (tertiary/aromatic N) is 1. The molecule has 37 heavy (non-hydrogen) atoms. The quantitative estimate of drug-likeness (QED) is 0.426. The molecule has 0 radical (unpaired) electrons. The van der Waals surface area contributed by atoms with Gasteiger partial charge in [-0.05, 0) is 73.2 Å². The van der Waals surface area contributed by atoms with E-state index in [0.717, 1.165) is 48.6 Å². The lowest BCUT2D eigenvalue weighted by Crippen LogP contribution is -2.43. The highest BCUT2D eigenvalue weighted by Crippen LogP contribution is 2.32. The predicted octanol–water partition coefficient (Wildman–Crippen LogP) is 4.78. The number of aryl methyl sites for hydroxylation is 2. The molecule has 1 amide bonds. The summed E-state index contributed by atoms with van der Waals surface area (Å²) in [6.07, 6.45) is 1.50. The van der Waals surface area contributed by atoms with E-state index in [0.29, 0.717) is 18.1 Å². The van der Waals surface area contributed by atoms with Crippen molar-refractivity contribution in [3.05, 3.63) is 93.5 Å². The fraction of sp³-hybridized carbons (Fsp3) is 0.367. The number of fused-ring (bicyclic) bond motifs is 1. The number of carbonyl (C=O) groups excluding carboxylic acids is 1. The zero-order chi connectivity index (χ0) is 25.8. The summed E-state index contributed by atoms with van der Waals surface area (Å²) >= 11 is 6.24. The molecule has 7 heteroatoms. The third kappa shape index (κ3) is 6.45. The number of likely N-dealkylation sites (tertiary alicyclic amines) is 1. The van der Waals surface area contributed by atoms with E-state index in [1.807, 2.05) is 36.4 Å². The van der Waals surface area contributed by atoms with Gasteiger partial charge in [-0.3, -0.25) is 9.69 Å². The van der Waals surface area contributed by atoms with Crippen molar-refractivity contribution in [3.8, 4) is 11.5 Å². The van der Waals surface area contributed by atoms with Crippen LogP contribution >= 0.6 is 11.6 Å². The SMILES string of the molecule is Cc1ccc(C)c(CN[C@H]2C[C@@H](C(=O)NCCc3ccc4c(c3)OCO4)N(Cc3cccc(Cl)c3)C2)c1. The molecule has 2 heterocycles. The summed E-state index contributed by atoms with van der Waals surface area (Å²) in [6, 6.07) is 20.4. The Hall–Kier alpha value is -3.06. The summed E-state index contributed by atoms with van der Waals surface area (Å²) in [7, 11) is 0. The lowest BCUT2D eigenvalue weighted by Gasteiger charge is -2.23. The van der Waals surface area contributed by atoms with Crippen LogP contribution < -0.4 is 20.1 Å². The van der Waals surface area contributed by atoms with Crippen molar-refractivity contribution >= 4 is 17.5 Å². The van der Waals surface area contributed by atoms with Gasteiger partial charge in [0.25, 0.3) is 0 Å². The molecule has 194 valence electrons. The van der Waals surface area contributed by atoms with E-state index >= 15 is 0 Å². The van der Waals surface area contributed by atoms with Crippen LogP contribution in [-0.2, 0) is 24.3 Å². The Morgan fingerprint density at radius 1 is 1.03 bits per heavy atom. The largest absolute Gasteiger partial charge is 0.454 e. The second-order valence-electron chi connectivity index (χ2n) is 10.0. The van der Waals surface area contributed by atoms with Gasteiger partial charge < -0.3 is 20.1 Å². The third-order valence-electron chi connectivity index (χ3n) is 7.22. The van der Waals surface area contributed by atoms with Crippen molar-refractivity contribution in [2.24, 2.45) is 0 Å². The number of rotatable bonds is 9. The molecule has 1 saturated heterocycles. The Bertz CT molecular complexity index is 1260. The topological polar surface area (TPSA) is 62.8 Å². The van der Waals surface area contributed by atoms with Crippen molar-refractivity contribution in [1.82, 2.24) is 15.5 Å². The van der Waals surface area contributed by atoms with Gasteiger partial charge in [-0.25, -0.2) is 0 Å². The van der Waals surface area contributed by atoms with Crippen molar-refractivity contribution < 1.29 is 14.3 Å². The number of halogens is 1. The Morgan fingerprint density at radius 3 is 2.76 bits per heavy atom. The second-order valence-corrected chi connectivity index (χ2v) is 10.5. The normalized spacial score (nSPS) is 18.8. The molecule has 2 aliphatic rings. The van der Waals surface area contributed by atoms with Crippen LogP contribution in [0, 0.1) is 13.8 Å². The van der Waals surface area contributed by atoms with Gasteiger partial charge in [0.1, 0.15) is 0 Å². The molecule has 3 aromatic carbocycles. The molecule has 1 fully saturated rings. The van der Waals surface area contributed by atoms with Crippen molar-refractivity contribution in [1.29, 1.82) is 0 Å². The number of benzene rings is 3. The molecule has 0 spiro atoms. The zero-order valence-corrected chi connectivity index (χ0v) is 22.2. The van der Waals surface area contributed by atoms with Gasteiger partial charge in [-0.2, -0.15) is 0 Å². The summed E-state index contributed by atoms with van der Waals surface area (Å²) in [5.74, 6) is 1.61. The molecule has 0 aromatic heterocycles. The number of ether oxygens (including phenoxy) is 2. The molecule has 2 N–H and O–H groups in total. The van der Waals surface area contributed by atoms with Crippen LogP contribution in [0.3, 0.4) is 0 Å².